The smallest absolute Gasteiger partial charge is 0.303 e. The summed E-state index contributed by atoms with van der Waals surface area (Å²) in [5.41, 5.74) is 0. The zero-order valence-corrected chi connectivity index (χ0v) is 13.1. The maximum absolute atomic E-state index is 12.0. The number of amides is 1. The van der Waals surface area contributed by atoms with Crippen LogP contribution in [0.4, 0.5) is 0 Å². The van der Waals surface area contributed by atoms with Gasteiger partial charge in [0.05, 0.1) is 0 Å². The van der Waals surface area contributed by atoms with Crippen LogP contribution < -0.4 is 4.74 Å². The van der Waals surface area contributed by atoms with E-state index >= 15 is 0 Å². The minimum Gasteiger partial charge on any atom is -0.481 e. The number of nitrogens with zero attached hydrogens (tertiary/aromatic N) is 1. The fourth-order valence-corrected chi connectivity index (χ4v) is 1.92. The van der Waals surface area contributed by atoms with Crippen molar-refractivity contribution < 1.29 is 19.4 Å². The summed E-state index contributed by atoms with van der Waals surface area (Å²) in [5.74, 6) is -0.406. The van der Waals surface area contributed by atoms with E-state index < -0.39 is 12.1 Å². The molecule has 0 aromatic heterocycles. The molecule has 0 radical (unpaired) electrons. The normalized spacial score (nSPS) is 11.8. The molecule has 0 saturated heterocycles. The summed E-state index contributed by atoms with van der Waals surface area (Å²) in [6.45, 7) is 2.08. The third-order valence-electron chi connectivity index (χ3n) is 2.73. The molecule has 1 aromatic carbocycles. The Morgan fingerprint density at radius 3 is 2.50 bits per heavy atom. The van der Waals surface area contributed by atoms with Crippen molar-refractivity contribution >= 4 is 27.8 Å². The van der Waals surface area contributed by atoms with Gasteiger partial charge in [-0.3, -0.25) is 9.59 Å². The van der Waals surface area contributed by atoms with Gasteiger partial charge in [-0.15, -0.1) is 0 Å². The van der Waals surface area contributed by atoms with Gasteiger partial charge in [0.15, 0.2) is 6.10 Å². The summed E-state index contributed by atoms with van der Waals surface area (Å²) in [6, 6.07) is 7.22. The van der Waals surface area contributed by atoms with E-state index in [9.17, 15) is 9.59 Å². The lowest BCUT2D eigenvalue weighted by molar-refractivity contribution is -0.139. The molecule has 0 spiro atoms. The van der Waals surface area contributed by atoms with Gasteiger partial charge in [0.1, 0.15) is 5.75 Å². The van der Waals surface area contributed by atoms with Crippen LogP contribution in [-0.4, -0.2) is 41.6 Å². The average Bonchev–Trinajstić information content (AvgIpc) is 2.39. The van der Waals surface area contributed by atoms with Crippen LogP contribution in [0.5, 0.6) is 5.75 Å². The van der Waals surface area contributed by atoms with Gasteiger partial charge in [-0.05, 0) is 37.6 Å². The Bertz CT molecular complexity index is 461. The zero-order valence-electron chi connectivity index (χ0n) is 11.5. The van der Waals surface area contributed by atoms with Crippen molar-refractivity contribution in [1.29, 1.82) is 0 Å². The summed E-state index contributed by atoms with van der Waals surface area (Å²) in [5, 5.41) is 8.56. The first-order valence-corrected chi connectivity index (χ1v) is 7.08. The number of rotatable bonds is 7. The number of likely N-dealkylation sites (N-methyl/N-ethyl adjacent to an activating group) is 1. The van der Waals surface area contributed by atoms with E-state index in [1.165, 1.54) is 4.90 Å². The molecule has 0 saturated carbocycles. The van der Waals surface area contributed by atoms with Gasteiger partial charge in [0.2, 0.25) is 0 Å². The Morgan fingerprint density at radius 1 is 1.35 bits per heavy atom. The molecule has 6 heteroatoms. The van der Waals surface area contributed by atoms with E-state index in [4.69, 9.17) is 9.84 Å². The molecule has 5 nitrogen and oxygen atoms in total. The second kappa shape index (κ2) is 7.89. The van der Waals surface area contributed by atoms with Crippen molar-refractivity contribution in [1.82, 2.24) is 4.90 Å². The van der Waals surface area contributed by atoms with Crippen molar-refractivity contribution in [2.45, 2.75) is 25.9 Å². The minimum absolute atomic E-state index is 0.0551. The second-order valence-corrected chi connectivity index (χ2v) is 5.39. The Hall–Kier alpha value is -1.56. The number of aliphatic carboxylic acids is 1. The van der Waals surface area contributed by atoms with Crippen LogP contribution in [-0.2, 0) is 9.59 Å². The fourth-order valence-electron chi connectivity index (χ4n) is 1.66. The van der Waals surface area contributed by atoms with Gasteiger partial charge in [-0.1, -0.05) is 15.9 Å². The Kier molecular flexibility index (Phi) is 6.51. The number of carboxylic acid groups (broad SMARTS) is 1. The van der Waals surface area contributed by atoms with Gasteiger partial charge in [-0.2, -0.15) is 0 Å². The predicted octanol–water partition coefficient (Wildman–Crippen LogP) is 2.54. The van der Waals surface area contributed by atoms with Crippen LogP contribution in [0.2, 0.25) is 0 Å². The molecule has 20 heavy (non-hydrogen) atoms. The number of hydrogen-bond acceptors (Lipinski definition) is 3. The quantitative estimate of drug-likeness (QED) is 0.826. The minimum atomic E-state index is -0.856. The van der Waals surface area contributed by atoms with E-state index in [1.54, 1.807) is 26.1 Å². The highest BCUT2D eigenvalue weighted by atomic mass is 79.9. The van der Waals surface area contributed by atoms with Gasteiger partial charge in [0.25, 0.3) is 5.91 Å². The maximum Gasteiger partial charge on any atom is 0.303 e. The van der Waals surface area contributed by atoms with Crippen molar-refractivity contribution in [2.24, 2.45) is 0 Å². The van der Waals surface area contributed by atoms with Gasteiger partial charge in [0, 0.05) is 24.5 Å². The number of halogens is 1. The monoisotopic (exact) mass is 343 g/mol. The first-order chi connectivity index (χ1) is 9.40. The molecule has 1 aromatic rings. The highest BCUT2D eigenvalue weighted by Crippen LogP contribution is 2.17. The molecular formula is C14H18BrNO4. The van der Waals surface area contributed by atoms with Crippen molar-refractivity contribution in [3.05, 3.63) is 28.7 Å². The lowest BCUT2D eigenvalue weighted by atomic mass is 10.2. The second-order valence-electron chi connectivity index (χ2n) is 4.47. The van der Waals surface area contributed by atoms with E-state index in [0.717, 1.165) is 4.47 Å². The summed E-state index contributed by atoms with van der Waals surface area (Å²) >= 11 is 3.33. The largest absolute Gasteiger partial charge is 0.481 e. The molecule has 1 amide bonds. The van der Waals surface area contributed by atoms with Gasteiger partial charge in [-0.25, -0.2) is 0 Å². The summed E-state index contributed by atoms with van der Waals surface area (Å²) in [7, 11) is 1.64. The van der Waals surface area contributed by atoms with Crippen molar-refractivity contribution in [2.75, 3.05) is 13.6 Å². The Balaban J connectivity index is 2.45. The molecule has 0 bridgehead atoms. The first kappa shape index (κ1) is 16.5. The topological polar surface area (TPSA) is 66.8 Å². The third-order valence-corrected chi connectivity index (χ3v) is 3.26. The zero-order chi connectivity index (χ0) is 15.1. The summed E-state index contributed by atoms with van der Waals surface area (Å²) < 4.78 is 6.49. The predicted molar refractivity (Wildman–Crippen MR) is 78.7 cm³/mol. The molecule has 110 valence electrons. The number of hydrogen-bond donors (Lipinski definition) is 1. The van der Waals surface area contributed by atoms with E-state index in [-0.39, 0.29) is 12.3 Å². The number of benzene rings is 1. The van der Waals surface area contributed by atoms with Crippen molar-refractivity contribution in [3.63, 3.8) is 0 Å². The molecule has 0 heterocycles. The average molecular weight is 344 g/mol. The van der Waals surface area contributed by atoms with E-state index in [2.05, 4.69) is 15.9 Å². The highest BCUT2D eigenvalue weighted by molar-refractivity contribution is 9.10. The SMILES string of the molecule is CC(Oc1ccc(Br)cc1)C(=O)N(C)CCCC(=O)O. The van der Waals surface area contributed by atoms with E-state index in [0.29, 0.717) is 18.7 Å². The molecule has 1 rings (SSSR count). The molecule has 1 unspecified atom stereocenters. The van der Waals surface area contributed by atoms with Crippen LogP contribution >= 0.6 is 15.9 Å². The molecular weight excluding hydrogens is 326 g/mol. The first-order valence-electron chi connectivity index (χ1n) is 6.29. The number of carboxylic acids is 1. The van der Waals surface area contributed by atoms with Gasteiger partial charge < -0.3 is 14.7 Å². The molecule has 0 aliphatic carbocycles. The van der Waals surface area contributed by atoms with Crippen LogP contribution in [0.3, 0.4) is 0 Å². The maximum atomic E-state index is 12.0. The van der Waals surface area contributed by atoms with Crippen molar-refractivity contribution in [3.8, 4) is 5.75 Å². The van der Waals surface area contributed by atoms with Crippen LogP contribution in [0.15, 0.2) is 28.7 Å². The lowest BCUT2D eigenvalue weighted by Crippen LogP contribution is -2.38. The fraction of sp³-hybridized carbons (Fsp3) is 0.429. The molecule has 0 fully saturated rings. The van der Waals surface area contributed by atoms with Gasteiger partial charge >= 0.3 is 5.97 Å². The molecule has 0 aliphatic rings. The summed E-state index contributed by atoms with van der Waals surface area (Å²) in [4.78, 5) is 23.9. The van der Waals surface area contributed by atoms with Crippen LogP contribution in [0.25, 0.3) is 0 Å². The third kappa shape index (κ3) is 5.61. The number of ether oxygens (including phenoxy) is 1. The van der Waals surface area contributed by atoms with Crippen LogP contribution in [0, 0.1) is 0 Å². The number of carbonyl (C=O) groups is 2. The van der Waals surface area contributed by atoms with E-state index in [1.807, 2.05) is 12.1 Å². The highest BCUT2D eigenvalue weighted by Gasteiger charge is 2.19. The Morgan fingerprint density at radius 2 is 1.95 bits per heavy atom. The lowest BCUT2D eigenvalue weighted by Gasteiger charge is -2.22. The molecule has 1 atom stereocenters. The number of carbonyl (C=O) groups excluding carboxylic acids is 1. The Labute approximate surface area is 126 Å². The van der Waals surface area contributed by atoms with Crippen LogP contribution in [0.1, 0.15) is 19.8 Å². The molecule has 1 N–H and O–H groups in total. The standard InChI is InChI=1S/C14H18BrNO4/c1-10(20-12-7-5-11(15)6-8-12)14(19)16(2)9-3-4-13(17)18/h5-8,10H,3-4,9H2,1-2H3,(H,17,18). The molecule has 0 aliphatic heterocycles. The summed E-state index contributed by atoms with van der Waals surface area (Å²) in [6.07, 6.45) is -0.117.